The molecule has 1 fully saturated rings. The number of hydrogen-bond acceptors (Lipinski definition) is 2. The third kappa shape index (κ3) is 5.98. The Kier molecular flexibility index (Phi) is 7.35. The summed E-state index contributed by atoms with van der Waals surface area (Å²) >= 11 is 11.9. The van der Waals surface area contributed by atoms with Crippen LogP contribution in [0.1, 0.15) is 42.5 Å². The van der Waals surface area contributed by atoms with E-state index in [1.807, 2.05) is 0 Å². The molecule has 0 aromatic heterocycles. The molecule has 1 saturated carbocycles. The van der Waals surface area contributed by atoms with Crippen molar-refractivity contribution in [3.8, 4) is 0 Å². The summed E-state index contributed by atoms with van der Waals surface area (Å²) in [4.78, 5) is 27.3. The van der Waals surface area contributed by atoms with Crippen LogP contribution >= 0.6 is 23.2 Å². The van der Waals surface area contributed by atoms with Gasteiger partial charge < -0.3 is 10.2 Å². The van der Waals surface area contributed by atoms with E-state index in [9.17, 15) is 9.59 Å². The molecular weight excluding hydrogens is 395 g/mol. The number of anilines is 1. The van der Waals surface area contributed by atoms with Crippen LogP contribution in [0.15, 0.2) is 48.5 Å². The van der Waals surface area contributed by atoms with E-state index >= 15 is 0 Å². The number of carbonyl (C=O) groups excluding carboxylic acids is 2. The first-order valence-corrected chi connectivity index (χ1v) is 10.4. The van der Waals surface area contributed by atoms with Gasteiger partial charge >= 0.3 is 0 Å². The maximum atomic E-state index is 13.1. The largest absolute Gasteiger partial charge is 0.329 e. The molecule has 0 saturated heterocycles. The van der Waals surface area contributed by atoms with Crippen molar-refractivity contribution in [3.05, 3.63) is 64.1 Å². The summed E-state index contributed by atoms with van der Waals surface area (Å²) in [5.74, 6) is 0.0489. The first-order chi connectivity index (χ1) is 13.5. The minimum absolute atomic E-state index is 0.00444. The average molecular weight is 419 g/mol. The number of carbonyl (C=O) groups is 2. The standard InChI is InChI=1S/C22H24Cl2N2O2/c23-18-11-9-17(10-12-18)22(28)26(14-16-5-2-1-3-6-16)15-21(27)25-20-8-4-7-19(24)13-20/h4,7-13,16H,1-3,5-6,14-15H2,(H,25,27). The van der Waals surface area contributed by atoms with Crippen molar-refractivity contribution in [1.82, 2.24) is 4.90 Å². The molecule has 0 atom stereocenters. The highest BCUT2D eigenvalue weighted by Gasteiger charge is 2.24. The van der Waals surface area contributed by atoms with Crippen LogP contribution in [0.5, 0.6) is 0 Å². The van der Waals surface area contributed by atoms with Gasteiger partial charge in [0.15, 0.2) is 0 Å². The second-order valence-corrected chi connectivity index (χ2v) is 8.13. The van der Waals surface area contributed by atoms with Crippen LogP contribution in [0.2, 0.25) is 10.0 Å². The molecule has 1 aliphatic rings. The highest BCUT2D eigenvalue weighted by atomic mass is 35.5. The Hall–Kier alpha value is -2.04. The molecule has 6 heteroatoms. The van der Waals surface area contributed by atoms with Gasteiger partial charge in [0, 0.05) is 27.8 Å². The first-order valence-electron chi connectivity index (χ1n) is 9.61. The van der Waals surface area contributed by atoms with Crippen LogP contribution in [-0.2, 0) is 4.79 Å². The Bertz CT molecular complexity index is 818. The van der Waals surface area contributed by atoms with Crippen LogP contribution in [0, 0.1) is 5.92 Å². The van der Waals surface area contributed by atoms with E-state index in [4.69, 9.17) is 23.2 Å². The predicted molar refractivity (Wildman–Crippen MR) is 114 cm³/mol. The predicted octanol–water partition coefficient (Wildman–Crippen LogP) is 5.65. The summed E-state index contributed by atoms with van der Waals surface area (Å²) < 4.78 is 0. The molecule has 148 valence electrons. The van der Waals surface area contributed by atoms with Crippen LogP contribution in [-0.4, -0.2) is 29.8 Å². The Morgan fingerprint density at radius 2 is 1.68 bits per heavy atom. The summed E-state index contributed by atoms with van der Waals surface area (Å²) in [6, 6.07) is 13.8. The number of amides is 2. The molecule has 1 N–H and O–H groups in total. The number of rotatable bonds is 6. The van der Waals surface area contributed by atoms with E-state index < -0.39 is 0 Å². The molecular formula is C22H24Cl2N2O2. The lowest BCUT2D eigenvalue weighted by atomic mass is 9.89. The van der Waals surface area contributed by atoms with Gasteiger partial charge in [0.05, 0.1) is 0 Å². The van der Waals surface area contributed by atoms with E-state index in [2.05, 4.69) is 5.32 Å². The lowest BCUT2D eigenvalue weighted by Gasteiger charge is -2.29. The number of nitrogens with one attached hydrogen (secondary N) is 1. The second-order valence-electron chi connectivity index (χ2n) is 7.26. The quantitative estimate of drug-likeness (QED) is 0.657. The highest BCUT2D eigenvalue weighted by molar-refractivity contribution is 6.31. The summed E-state index contributed by atoms with van der Waals surface area (Å²) in [6.45, 7) is 0.592. The van der Waals surface area contributed by atoms with Gasteiger partial charge in [-0.05, 0) is 61.2 Å². The van der Waals surface area contributed by atoms with Crippen molar-refractivity contribution >= 4 is 40.7 Å². The van der Waals surface area contributed by atoms with Gasteiger partial charge in [0.1, 0.15) is 6.54 Å². The van der Waals surface area contributed by atoms with Crippen LogP contribution < -0.4 is 5.32 Å². The summed E-state index contributed by atoms with van der Waals surface area (Å²) in [7, 11) is 0. The molecule has 2 aromatic rings. The maximum absolute atomic E-state index is 13.1. The number of halogens is 2. The molecule has 4 nitrogen and oxygen atoms in total. The van der Waals surface area contributed by atoms with E-state index in [1.54, 1.807) is 53.4 Å². The van der Waals surface area contributed by atoms with Crippen molar-refractivity contribution < 1.29 is 9.59 Å². The van der Waals surface area contributed by atoms with Gasteiger partial charge in [-0.2, -0.15) is 0 Å². The molecule has 2 amide bonds. The molecule has 0 bridgehead atoms. The lowest BCUT2D eigenvalue weighted by Crippen LogP contribution is -2.41. The van der Waals surface area contributed by atoms with E-state index in [0.717, 1.165) is 12.8 Å². The molecule has 0 radical (unpaired) electrons. The molecule has 0 heterocycles. The van der Waals surface area contributed by atoms with Gasteiger partial charge in [-0.15, -0.1) is 0 Å². The molecule has 0 aliphatic heterocycles. The van der Waals surface area contributed by atoms with Crippen LogP contribution in [0.4, 0.5) is 5.69 Å². The summed E-state index contributed by atoms with van der Waals surface area (Å²) in [5, 5.41) is 3.96. The van der Waals surface area contributed by atoms with Crippen molar-refractivity contribution in [2.75, 3.05) is 18.4 Å². The Morgan fingerprint density at radius 1 is 0.964 bits per heavy atom. The highest BCUT2D eigenvalue weighted by Crippen LogP contribution is 2.25. The zero-order chi connectivity index (χ0) is 19.9. The molecule has 2 aromatic carbocycles. The third-order valence-corrected chi connectivity index (χ3v) is 5.51. The molecule has 3 rings (SSSR count). The van der Waals surface area contributed by atoms with Gasteiger partial charge in [0.25, 0.3) is 5.91 Å². The smallest absolute Gasteiger partial charge is 0.254 e. The monoisotopic (exact) mass is 418 g/mol. The fourth-order valence-electron chi connectivity index (χ4n) is 3.62. The fraction of sp³-hybridized carbons (Fsp3) is 0.364. The second kappa shape index (κ2) is 9.94. The van der Waals surface area contributed by atoms with E-state index in [0.29, 0.717) is 33.8 Å². The van der Waals surface area contributed by atoms with E-state index in [1.165, 1.54) is 19.3 Å². The minimum Gasteiger partial charge on any atom is -0.329 e. The third-order valence-electron chi connectivity index (χ3n) is 5.02. The fourth-order valence-corrected chi connectivity index (χ4v) is 3.93. The normalized spacial score (nSPS) is 14.5. The maximum Gasteiger partial charge on any atom is 0.254 e. The molecule has 1 aliphatic carbocycles. The molecule has 0 spiro atoms. The van der Waals surface area contributed by atoms with E-state index in [-0.39, 0.29) is 18.4 Å². The molecule has 0 unspecified atom stereocenters. The zero-order valence-electron chi connectivity index (χ0n) is 15.7. The molecule has 28 heavy (non-hydrogen) atoms. The Morgan fingerprint density at radius 3 is 2.36 bits per heavy atom. The number of benzene rings is 2. The SMILES string of the molecule is O=C(CN(CC1CCCCC1)C(=O)c1ccc(Cl)cc1)Nc1cccc(Cl)c1. The Balaban J connectivity index is 1.71. The van der Waals surface area contributed by atoms with Crippen LogP contribution in [0.25, 0.3) is 0 Å². The zero-order valence-corrected chi connectivity index (χ0v) is 17.2. The van der Waals surface area contributed by atoms with Crippen molar-refractivity contribution in [2.24, 2.45) is 5.92 Å². The van der Waals surface area contributed by atoms with Gasteiger partial charge in [-0.1, -0.05) is 48.5 Å². The number of nitrogens with zero attached hydrogens (tertiary/aromatic N) is 1. The lowest BCUT2D eigenvalue weighted by molar-refractivity contribution is -0.117. The minimum atomic E-state index is -0.236. The van der Waals surface area contributed by atoms with Crippen molar-refractivity contribution in [3.63, 3.8) is 0 Å². The van der Waals surface area contributed by atoms with Gasteiger partial charge in [-0.3, -0.25) is 9.59 Å². The topological polar surface area (TPSA) is 49.4 Å². The average Bonchev–Trinajstić information content (AvgIpc) is 2.68. The van der Waals surface area contributed by atoms with Crippen molar-refractivity contribution in [1.29, 1.82) is 0 Å². The summed E-state index contributed by atoms with van der Waals surface area (Å²) in [5.41, 5.74) is 1.16. The Labute approximate surface area is 175 Å². The van der Waals surface area contributed by atoms with Gasteiger partial charge in [-0.25, -0.2) is 0 Å². The van der Waals surface area contributed by atoms with Crippen LogP contribution in [0.3, 0.4) is 0 Å². The first kappa shape index (κ1) is 20.7. The summed E-state index contributed by atoms with van der Waals surface area (Å²) in [6.07, 6.45) is 5.81. The van der Waals surface area contributed by atoms with Gasteiger partial charge in [0.2, 0.25) is 5.91 Å². The number of hydrogen-bond donors (Lipinski definition) is 1. The van der Waals surface area contributed by atoms with Crippen molar-refractivity contribution in [2.45, 2.75) is 32.1 Å².